The van der Waals surface area contributed by atoms with E-state index >= 15 is 0 Å². The molecular formula is C19H26N4O2S. The molecule has 6 nitrogen and oxygen atoms in total. The Morgan fingerprint density at radius 3 is 2.62 bits per heavy atom. The number of ether oxygens (including phenoxy) is 1. The summed E-state index contributed by atoms with van der Waals surface area (Å²) in [6, 6.07) is 4.14. The molecule has 0 radical (unpaired) electrons. The lowest BCUT2D eigenvalue weighted by Crippen LogP contribution is -2.43. The van der Waals surface area contributed by atoms with Gasteiger partial charge in [-0.2, -0.15) is 0 Å². The first-order valence-electron chi connectivity index (χ1n) is 9.03. The molecule has 7 heteroatoms. The Hall–Kier alpha value is -1.83. The van der Waals surface area contributed by atoms with Crippen LogP contribution in [0.25, 0.3) is 0 Å². The van der Waals surface area contributed by atoms with Crippen molar-refractivity contribution in [1.29, 1.82) is 0 Å². The van der Waals surface area contributed by atoms with Crippen molar-refractivity contribution in [3.05, 3.63) is 45.7 Å². The fourth-order valence-electron chi connectivity index (χ4n) is 3.08. The molecule has 1 aliphatic heterocycles. The van der Waals surface area contributed by atoms with Gasteiger partial charge in [0.05, 0.1) is 30.0 Å². The number of rotatable bonds is 6. The summed E-state index contributed by atoms with van der Waals surface area (Å²) < 4.78 is 5.47. The Morgan fingerprint density at radius 2 is 2.00 bits per heavy atom. The van der Waals surface area contributed by atoms with Crippen LogP contribution in [0.3, 0.4) is 0 Å². The van der Waals surface area contributed by atoms with E-state index in [1.54, 1.807) is 12.4 Å². The largest absolute Gasteiger partial charge is 0.379 e. The average molecular weight is 375 g/mol. The number of hydrogen-bond donors (Lipinski definition) is 1. The molecule has 0 bridgehead atoms. The zero-order valence-corrected chi connectivity index (χ0v) is 16.4. The second kappa shape index (κ2) is 8.70. The average Bonchev–Trinajstić information content (AvgIpc) is 3.06. The highest BCUT2D eigenvalue weighted by atomic mass is 32.1. The number of hydrogen-bond acceptors (Lipinski definition) is 6. The van der Waals surface area contributed by atoms with E-state index in [4.69, 9.17) is 4.74 Å². The number of pyridine rings is 1. The van der Waals surface area contributed by atoms with Crippen molar-refractivity contribution in [3.63, 3.8) is 0 Å². The molecule has 1 fully saturated rings. The maximum atomic E-state index is 12.7. The normalized spacial score (nSPS) is 16.6. The van der Waals surface area contributed by atoms with Gasteiger partial charge >= 0.3 is 0 Å². The van der Waals surface area contributed by atoms with Gasteiger partial charge in [-0.3, -0.25) is 14.7 Å². The number of thiazole rings is 1. The Balaban J connectivity index is 1.72. The van der Waals surface area contributed by atoms with E-state index < -0.39 is 0 Å². The number of aromatic nitrogens is 2. The molecule has 0 saturated carbocycles. The summed E-state index contributed by atoms with van der Waals surface area (Å²) in [5.41, 5.74) is 1.97. The SMILES string of the molecule is Cc1nc(C(C)C)sc1C(=O)NCC(c1ccncc1)N1CCOCC1. The van der Waals surface area contributed by atoms with Crippen LogP contribution in [-0.4, -0.2) is 53.6 Å². The summed E-state index contributed by atoms with van der Waals surface area (Å²) in [6.45, 7) is 9.81. The van der Waals surface area contributed by atoms with Crippen LogP contribution in [0.4, 0.5) is 0 Å². The van der Waals surface area contributed by atoms with Gasteiger partial charge in [-0.15, -0.1) is 11.3 Å². The maximum absolute atomic E-state index is 12.7. The highest BCUT2D eigenvalue weighted by Gasteiger charge is 2.24. The molecule has 3 heterocycles. The second-order valence-electron chi connectivity index (χ2n) is 6.78. The highest BCUT2D eigenvalue weighted by Crippen LogP contribution is 2.25. The van der Waals surface area contributed by atoms with Crippen LogP contribution in [0.15, 0.2) is 24.5 Å². The van der Waals surface area contributed by atoms with Gasteiger partial charge in [0.25, 0.3) is 5.91 Å². The van der Waals surface area contributed by atoms with Gasteiger partial charge < -0.3 is 10.1 Å². The van der Waals surface area contributed by atoms with Crippen molar-refractivity contribution >= 4 is 17.2 Å². The Morgan fingerprint density at radius 1 is 1.31 bits per heavy atom. The molecule has 1 unspecified atom stereocenters. The molecule has 1 N–H and O–H groups in total. The van der Waals surface area contributed by atoms with E-state index in [2.05, 4.69) is 34.0 Å². The standard InChI is InChI=1S/C19H26N4O2S/c1-13(2)19-22-14(3)17(26-19)18(24)21-12-16(15-4-6-20-7-5-15)23-8-10-25-11-9-23/h4-7,13,16H,8-12H2,1-3H3,(H,21,24). The zero-order chi connectivity index (χ0) is 18.5. The molecule has 1 amide bonds. The van der Waals surface area contributed by atoms with Gasteiger partial charge in [0.1, 0.15) is 4.88 Å². The number of morpholine rings is 1. The number of carbonyl (C=O) groups is 1. The summed E-state index contributed by atoms with van der Waals surface area (Å²) in [6.07, 6.45) is 3.60. The van der Waals surface area contributed by atoms with Gasteiger partial charge in [-0.05, 0) is 24.6 Å². The minimum absolute atomic E-state index is 0.0424. The molecule has 0 aromatic carbocycles. The van der Waals surface area contributed by atoms with E-state index in [9.17, 15) is 4.79 Å². The molecule has 3 rings (SSSR count). The number of nitrogens with zero attached hydrogens (tertiary/aromatic N) is 3. The first-order chi connectivity index (χ1) is 12.6. The summed E-state index contributed by atoms with van der Waals surface area (Å²) in [7, 11) is 0. The molecule has 2 aromatic heterocycles. The van der Waals surface area contributed by atoms with Crippen molar-refractivity contribution in [2.75, 3.05) is 32.8 Å². The summed E-state index contributed by atoms with van der Waals surface area (Å²) in [4.78, 5) is 24.4. The Kier molecular flexibility index (Phi) is 6.34. The molecule has 1 aliphatic rings. The lowest BCUT2D eigenvalue weighted by Gasteiger charge is -2.34. The summed E-state index contributed by atoms with van der Waals surface area (Å²) in [5.74, 6) is 0.289. The molecular weight excluding hydrogens is 348 g/mol. The van der Waals surface area contributed by atoms with Crippen molar-refractivity contribution in [2.45, 2.75) is 32.7 Å². The molecule has 1 saturated heterocycles. The van der Waals surface area contributed by atoms with Crippen LogP contribution < -0.4 is 5.32 Å². The van der Waals surface area contributed by atoms with E-state index in [1.165, 1.54) is 11.3 Å². The lowest BCUT2D eigenvalue weighted by molar-refractivity contribution is 0.0162. The van der Waals surface area contributed by atoms with Gasteiger partial charge in [0.15, 0.2) is 0 Å². The van der Waals surface area contributed by atoms with E-state index in [0.717, 1.165) is 42.6 Å². The minimum atomic E-state index is -0.0424. The predicted octanol–water partition coefficient (Wildman–Crippen LogP) is 2.77. The lowest BCUT2D eigenvalue weighted by atomic mass is 10.1. The van der Waals surface area contributed by atoms with Crippen LogP contribution in [-0.2, 0) is 4.74 Å². The third-order valence-electron chi connectivity index (χ3n) is 4.55. The van der Waals surface area contributed by atoms with Crippen molar-refractivity contribution < 1.29 is 9.53 Å². The fraction of sp³-hybridized carbons (Fsp3) is 0.526. The first kappa shape index (κ1) is 18.9. The quantitative estimate of drug-likeness (QED) is 0.842. The monoisotopic (exact) mass is 374 g/mol. The third kappa shape index (κ3) is 4.47. The molecule has 26 heavy (non-hydrogen) atoms. The number of amides is 1. The second-order valence-corrected chi connectivity index (χ2v) is 7.81. The van der Waals surface area contributed by atoms with Crippen LogP contribution in [0.2, 0.25) is 0 Å². The number of nitrogens with one attached hydrogen (secondary N) is 1. The van der Waals surface area contributed by atoms with Gasteiger partial charge in [0, 0.05) is 37.9 Å². The zero-order valence-electron chi connectivity index (χ0n) is 15.6. The molecule has 0 spiro atoms. The van der Waals surface area contributed by atoms with Gasteiger partial charge in [0.2, 0.25) is 0 Å². The Bertz CT molecular complexity index is 726. The summed E-state index contributed by atoms with van der Waals surface area (Å²) >= 11 is 1.49. The van der Waals surface area contributed by atoms with Gasteiger partial charge in [-0.25, -0.2) is 4.98 Å². The molecule has 1 atom stereocenters. The van der Waals surface area contributed by atoms with Crippen LogP contribution >= 0.6 is 11.3 Å². The van der Waals surface area contributed by atoms with Crippen molar-refractivity contribution in [1.82, 2.24) is 20.2 Å². The first-order valence-corrected chi connectivity index (χ1v) is 9.85. The molecule has 0 aliphatic carbocycles. The van der Waals surface area contributed by atoms with Crippen LogP contribution in [0.5, 0.6) is 0 Å². The van der Waals surface area contributed by atoms with Crippen LogP contribution in [0, 0.1) is 6.92 Å². The fourth-order valence-corrected chi connectivity index (χ4v) is 4.06. The molecule has 140 valence electrons. The maximum Gasteiger partial charge on any atom is 0.263 e. The number of aryl methyl sites for hydroxylation is 1. The van der Waals surface area contributed by atoms with Crippen LogP contribution in [0.1, 0.15) is 51.7 Å². The van der Waals surface area contributed by atoms with Gasteiger partial charge in [-0.1, -0.05) is 13.8 Å². The predicted molar refractivity (Wildman–Crippen MR) is 103 cm³/mol. The topological polar surface area (TPSA) is 67.4 Å². The smallest absolute Gasteiger partial charge is 0.263 e. The summed E-state index contributed by atoms with van der Waals surface area (Å²) in [5, 5.41) is 4.12. The Labute approximate surface area is 158 Å². The van der Waals surface area contributed by atoms with Crippen molar-refractivity contribution in [2.24, 2.45) is 0 Å². The highest BCUT2D eigenvalue weighted by molar-refractivity contribution is 7.13. The minimum Gasteiger partial charge on any atom is -0.379 e. The third-order valence-corrected chi connectivity index (χ3v) is 6.00. The van der Waals surface area contributed by atoms with E-state index in [1.807, 2.05) is 19.1 Å². The van der Waals surface area contributed by atoms with E-state index in [0.29, 0.717) is 17.3 Å². The molecule has 2 aromatic rings. The number of carbonyl (C=O) groups excluding carboxylic acids is 1. The van der Waals surface area contributed by atoms with E-state index in [-0.39, 0.29) is 11.9 Å². The van der Waals surface area contributed by atoms with Crippen molar-refractivity contribution in [3.8, 4) is 0 Å².